The van der Waals surface area contributed by atoms with Gasteiger partial charge in [-0.2, -0.15) is 0 Å². The third-order valence-corrected chi connectivity index (χ3v) is 2.69. The summed E-state index contributed by atoms with van der Waals surface area (Å²) in [6.45, 7) is 2.38. The molecule has 0 bridgehead atoms. The Hall–Kier alpha value is -1.39. The zero-order chi connectivity index (χ0) is 12.2. The van der Waals surface area contributed by atoms with Crippen molar-refractivity contribution >= 4 is 18.2 Å². The summed E-state index contributed by atoms with van der Waals surface area (Å²) in [5.74, 6) is -3.19. The van der Waals surface area contributed by atoms with E-state index in [1.807, 2.05) is 0 Å². The molecule has 0 spiro atoms. The molecule has 0 heterocycles. The van der Waals surface area contributed by atoms with Gasteiger partial charge in [-0.3, -0.25) is 14.4 Å². The highest BCUT2D eigenvalue weighted by atomic mass is 16.7. The second kappa shape index (κ2) is 5.09. The Balaban J connectivity index is 2.90. The van der Waals surface area contributed by atoms with Gasteiger partial charge in [-0.15, -0.1) is 0 Å². The normalized spacial score (nSPS) is 16.9. The van der Waals surface area contributed by atoms with Gasteiger partial charge in [-0.1, -0.05) is 12.8 Å². The lowest BCUT2D eigenvalue weighted by molar-refractivity contribution is -0.232. The Kier molecular flexibility index (Phi) is 4.04. The Morgan fingerprint density at radius 2 is 1.56 bits per heavy atom. The van der Waals surface area contributed by atoms with Gasteiger partial charge in [0.2, 0.25) is 6.29 Å². The molecule has 1 fully saturated rings. The molecule has 5 heteroatoms. The van der Waals surface area contributed by atoms with E-state index in [2.05, 4.69) is 0 Å². The summed E-state index contributed by atoms with van der Waals surface area (Å²) < 4.78 is 9.86. The molecule has 0 aliphatic heterocycles. The van der Waals surface area contributed by atoms with Crippen LogP contribution in [0, 0.1) is 5.92 Å². The summed E-state index contributed by atoms with van der Waals surface area (Å²) in [5.41, 5.74) is 0. The summed E-state index contributed by atoms with van der Waals surface area (Å²) in [7, 11) is 0. The first-order valence-electron chi connectivity index (χ1n) is 5.35. The van der Waals surface area contributed by atoms with Crippen LogP contribution in [0.1, 0.15) is 39.5 Å². The molecule has 1 saturated carbocycles. The predicted octanol–water partition coefficient (Wildman–Crippen LogP) is 1.20. The first-order chi connectivity index (χ1) is 7.50. The number of hydrogen-bond acceptors (Lipinski definition) is 5. The maximum atomic E-state index is 11.1. The molecule has 0 saturated heterocycles. The SMILES string of the molecule is CC(=O)OC(C=O)(OC(C)=O)C1CCCC1. The summed E-state index contributed by atoms with van der Waals surface area (Å²) in [6, 6.07) is 0. The van der Waals surface area contributed by atoms with Gasteiger partial charge in [0.05, 0.1) is 0 Å². The molecule has 0 N–H and O–H groups in total. The number of rotatable bonds is 4. The van der Waals surface area contributed by atoms with Crippen LogP contribution in [0.3, 0.4) is 0 Å². The van der Waals surface area contributed by atoms with Crippen molar-refractivity contribution in [3.05, 3.63) is 0 Å². The molecule has 0 aromatic carbocycles. The minimum Gasteiger partial charge on any atom is -0.415 e. The zero-order valence-electron chi connectivity index (χ0n) is 9.52. The Morgan fingerprint density at radius 1 is 1.12 bits per heavy atom. The van der Waals surface area contributed by atoms with E-state index < -0.39 is 17.7 Å². The number of ether oxygens (including phenoxy) is 2. The fourth-order valence-electron chi connectivity index (χ4n) is 2.11. The van der Waals surface area contributed by atoms with E-state index in [4.69, 9.17) is 9.47 Å². The standard InChI is InChI=1S/C11H16O5/c1-8(13)15-11(7-12,16-9(2)14)10-5-3-4-6-10/h7,10H,3-6H2,1-2H3. The molecule has 0 radical (unpaired) electrons. The van der Waals surface area contributed by atoms with Crippen LogP contribution >= 0.6 is 0 Å². The quantitative estimate of drug-likeness (QED) is 0.411. The van der Waals surface area contributed by atoms with Gasteiger partial charge in [0, 0.05) is 19.8 Å². The topological polar surface area (TPSA) is 69.7 Å². The molecule has 0 aromatic rings. The molecule has 90 valence electrons. The van der Waals surface area contributed by atoms with E-state index in [0.29, 0.717) is 6.29 Å². The van der Waals surface area contributed by atoms with Crippen molar-refractivity contribution in [1.29, 1.82) is 0 Å². The molecule has 0 atom stereocenters. The van der Waals surface area contributed by atoms with Crippen LogP contribution < -0.4 is 0 Å². The number of esters is 2. The van der Waals surface area contributed by atoms with Crippen LogP contribution in [-0.4, -0.2) is 24.0 Å². The lowest BCUT2D eigenvalue weighted by atomic mass is 9.97. The highest BCUT2D eigenvalue weighted by molar-refractivity contribution is 5.76. The second-order valence-electron chi connectivity index (χ2n) is 4.01. The summed E-state index contributed by atoms with van der Waals surface area (Å²) in [6.07, 6.45) is 3.76. The van der Waals surface area contributed by atoms with Crippen molar-refractivity contribution in [2.45, 2.75) is 45.3 Å². The van der Waals surface area contributed by atoms with Gasteiger partial charge in [-0.25, -0.2) is 0 Å². The van der Waals surface area contributed by atoms with Gasteiger partial charge in [-0.05, 0) is 12.8 Å². The smallest absolute Gasteiger partial charge is 0.316 e. The lowest BCUT2D eigenvalue weighted by Gasteiger charge is -2.31. The number of carbonyl (C=O) groups excluding carboxylic acids is 3. The molecule has 0 unspecified atom stereocenters. The van der Waals surface area contributed by atoms with Crippen molar-refractivity contribution < 1.29 is 23.9 Å². The van der Waals surface area contributed by atoms with Crippen LogP contribution in [-0.2, 0) is 23.9 Å². The first-order valence-corrected chi connectivity index (χ1v) is 5.35. The van der Waals surface area contributed by atoms with Gasteiger partial charge < -0.3 is 9.47 Å². The number of hydrogen-bond donors (Lipinski definition) is 0. The summed E-state index contributed by atoms with van der Waals surface area (Å²) in [5, 5.41) is 0. The molecular formula is C11H16O5. The molecule has 1 rings (SSSR count). The van der Waals surface area contributed by atoms with E-state index in [9.17, 15) is 14.4 Å². The molecule has 5 nitrogen and oxygen atoms in total. The fourth-order valence-corrected chi connectivity index (χ4v) is 2.11. The zero-order valence-corrected chi connectivity index (χ0v) is 9.52. The van der Waals surface area contributed by atoms with Crippen LogP contribution in [0.25, 0.3) is 0 Å². The van der Waals surface area contributed by atoms with Gasteiger partial charge in [0.15, 0.2) is 0 Å². The molecule has 0 aromatic heterocycles. The number of carbonyl (C=O) groups is 3. The minimum absolute atomic E-state index is 0.224. The third-order valence-electron chi connectivity index (χ3n) is 2.69. The lowest BCUT2D eigenvalue weighted by Crippen LogP contribution is -2.46. The van der Waals surface area contributed by atoms with Gasteiger partial charge >= 0.3 is 17.7 Å². The van der Waals surface area contributed by atoms with Crippen molar-refractivity contribution in [3.8, 4) is 0 Å². The summed E-state index contributed by atoms with van der Waals surface area (Å²) >= 11 is 0. The van der Waals surface area contributed by atoms with E-state index in [1.54, 1.807) is 0 Å². The molecule has 1 aliphatic carbocycles. The van der Waals surface area contributed by atoms with Gasteiger partial charge in [0.25, 0.3) is 0 Å². The summed E-state index contributed by atoms with van der Waals surface area (Å²) in [4.78, 5) is 33.1. The minimum atomic E-state index is -1.71. The van der Waals surface area contributed by atoms with Crippen LogP contribution in [0.2, 0.25) is 0 Å². The van der Waals surface area contributed by atoms with Gasteiger partial charge in [0.1, 0.15) is 0 Å². The number of aldehydes is 1. The monoisotopic (exact) mass is 228 g/mol. The highest BCUT2D eigenvalue weighted by Gasteiger charge is 2.46. The van der Waals surface area contributed by atoms with E-state index in [1.165, 1.54) is 13.8 Å². The maximum absolute atomic E-state index is 11.1. The predicted molar refractivity (Wildman–Crippen MR) is 54.3 cm³/mol. The van der Waals surface area contributed by atoms with Crippen molar-refractivity contribution in [2.24, 2.45) is 5.92 Å². The van der Waals surface area contributed by atoms with E-state index in [-0.39, 0.29) is 5.92 Å². The molecule has 0 amide bonds. The largest absolute Gasteiger partial charge is 0.415 e. The van der Waals surface area contributed by atoms with Crippen LogP contribution in [0.15, 0.2) is 0 Å². The third kappa shape index (κ3) is 2.81. The van der Waals surface area contributed by atoms with Crippen LogP contribution in [0.5, 0.6) is 0 Å². The van der Waals surface area contributed by atoms with E-state index in [0.717, 1.165) is 25.7 Å². The van der Waals surface area contributed by atoms with E-state index >= 15 is 0 Å². The molecule has 16 heavy (non-hydrogen) atoms. The average Bonchev–Trinajstić information content (AvgIpc) is 2.68. The van der Waals surface area contributed by atoms with Crippen molar-refractivity contribution in [2.75, 3.05) is 0 Å². The maximum Gasteiger partial charge on any atom is 0.316 e. The van der Waals surface area contributed by atoms with Crippen molar-refractivity contribution in [3.63, 3.8) is 0 Å². The Labute approximate surface area is 94.1 Å². The molecule has 1 aliphatic rings. The average molecular weight is 228 g/mol. The Bertz CT molecular complexity index is 275. The molecular weight excluding hydrogens is 212 g/mol. The highest BCUT2D eigenvalue weighted by Crippen LogP contribution is 2.36. The Morgan fingerprint density at radius 3 is 1.88 bits per heavy atom. The first kappa shape index (κ1) is 12.7. The van der Waals surface area contributed by atoms with Crippen LogP contribution in [0.4, 0.5) is 0 Å². The fraction of sp³-hybridized carbons (Fsp3) is 0.727. The van der Waals surface area contributed by atoms with Crippen molar-refractivity contribution in [1.82, 2.24) is 0 Å². The second-order valence-corrected chi connectivity index (χ2v) is 4.01.